The molecule has 2 aliphatic heterocycles. The van der Waals surface area contributed by atoms with Gasteiger partial charge in [-0.15, -0.1) is 0 Å². The minimum absolute atomic E-state index is 0.0149. The Morgan fingerprint density at radius 2 is 1.82 bits per heavy atom. The topological polar surface area (TPSA) is 64.9 Å². The van der Waals surface area contributed by atoms with Crippen LogP contribution in [0, 0.1) is 6.92 Å². The van der Waals surface area contributed by atoms with Gasteiger partial charge >= 0.3 is 0 Å². The fourth-order valence-corrected chi connectivity index (χ4v) is 4.25. The number of rotatable bonds is 2. The van der Waals surface area contributed by atoms with E-state index in [4.69, 9.17) is 4.99 Å². The second kappa shape index (κ2) is 7.40. The van der Waals surface area contributed by atoms with Crippen molar-refractivity contribution in [3.8, 4) is 5.75 Å². The number of benzene rings is 2. The lowest BCUT2D eigenvalue weighted by Crippen LogP contribution is -2.56. The molecule has 5 nitrogen and oxygen atoms in total. The molecule has 0 saturated carbocycles. The second-order valence-electron chi connectivity index (χ2n) is 7.92. The lowest BCUT2D eigenvalue weighted by Gasteiger charge is -2.45. The van der Waals surface area contributed by atoms with Crippen LogP contribution >= 0.6 is 0 Å². The average molecular weight is 377 g/mol. The molecular formula is C23H27N3O2. The molecule has 1 amide bonds. The number of amides is 1. The molecule has 146 valence electrons. The predicted molar refractivity (Wildman–Crippen MR) is 111 cm³/mol. The summed E-state index contributed by atoms with van der Waals surface area (Å²) in [4.78, 5) is 18.8. The normalized spacial score (nSPS) is 21.4. The van der Waals surface area contributed by atoms with E-state index < -0.39 is 5.66 Å². The molecule has 4 rings (SSSR count). The van der Waals surface area contributed by atoms with E-state index in [0.717, 1.165) is 36.1 Å². The molecule has 0 aliphatic carbocycles. The number of phenolic OH excluding ortho intramolecular Hbond substituents is 1. The molecule has 2 aromatic carbocycles. The number of phenols is 1. The average Bonchev–Trinajstić information content (AvgIpc) is 2.69. The third kappa shape index (κ3) is 3.67. The van der Waals surface area contributed by atoms with E-state index in [2.05, 4.69) is 36.5 Å². The number of aliphatic imine (C=N–C) groups is 1. The van der Waals surface area contributed by atoms with Crippen LogP contribution < -0.4 is 5.32 Å². The Balaban J connectivity index is 1.70. The first-order chi connectivity index (χ1) is 13.5. The van der Waals surface area contributed by atoms with Gasteiger partial charge in [0.1, 0.15) is 11.4 Å². The Kier molecular flexibility index (Phi) is 4.94. The smallest absolute Gasteiger partial charge is 0.219 e. The second-order valence-corrected chi connectivity index (χ2v) is 7.92. The van der Waals surface area contributed by atoms with E-state index in [-0.39, 0.29) is 11.9 Å². The maximum atomic E-state index is 11.8. The molecule has 0 bridgehead atoms. The van der Waals surface area contributed by atoms with Crippen LogP contribution in [0.25, 0.3) is 0 Å². The first-order valence-electron chi connectivity index (χ1n) is 9.93. The molecule has 1 fully saturated rings. The summed E-state index contributed by atoms with van der Waals surface area (Å²) < 4.78 is 0. The van der Waals surface area contributed by atoms with E-state index in [1.165, 1.54) is 5.56 Å². The molecule has 0 radical (unpaired) electrons. The summed E-state index contributed by atoms with van der Waals surface area (Å²) in [5.41, 5.74) is 3.90. The number of hydrogen-bond acceptors (Lipinski definition) is 4. The molecular weight excluding hydrogens is 350 g/mol. The van der Waals surface area contributed by atoms with E-state index >= 15 is 0 Å². The Bertz CT molecular complexity index is 896. The molecule has 28 heavy (non-hydrogen) atoms. The Labute approximate surface area is 166 Å². The van der Waals surface area contributed by atoms with Gasteiger partial charge in [-0.1, -0.05) is 48.0 Å². The van der Waals surface area contributed by atoms with Crippen LogP contribution in [0.15, 0.2) is 53.5 Å². The van der Waals surface area contributed by atoms with E-state index in [1.54, 1.807) is 13.0 Å². The fraction of sp³-hybridized carbons (Fsp3) is 0.391. The maximum Gasteiger partial charge on any atom is 0.219 e. The number of carbonyl (C=O) groups is 1. The number of aryl methyl sites for hydroxylation is 1. The van der Waals surface area contributed by atoms with Crippen molar-refractivity contribution in [1.29, 1.82) is 0 Å². The highest BCUT2D eigenvalue weighted by molar-refractivity contribution is 6.01. The first kappa shape index (κ1) is 18.7. The third-order valence-electron chi connectivity index (χ3n) is 5.92. The highest BCUT2D eigenvalue weighted by Gasteiger charge is 2.40. The fourth-order valence-electron chi connectivity index (χ4n) is 4.25. The maximum absolute atomic E-state index is 11.8. The standard InChI is InChI=1S/C23H27N3O2/c1-16-7-9-18(10-8-16)20-15-21(19-5-3-4-6-22(19)28)25-23(24-20)11-13-26(14-12-23)17(2)27/h3-10,21,25,28H,11-15H2,1-2H3/t21-/m0/s1. The number of piperidine rings is 1. The van der Waals surface area contributed by atoms with Crippen molar-refractivity contribution in [2.75, 3.05) is 13.1 Å². The molecule has 1 atom stereocenters. The number of hydrogen-bond donors (Lipinski definition) is 2. The van der Waals surface area contributed by atoms with Gasteiger partial charge in [-0.25, -0.2) is 0 Å². The lowest BCUT2D eigenvalue weighted by molar-refractivity contribution is -0.130. The van der Waals surface area contributed by atoms with Crippen LogP contribution in [0.4, 0.5) is 0 Å². The van der Waals surface area contributed by atoms with Crippen LogP contribution in [-0.2, 0) is 4.79 Å². The van der Waals surface area contributed by atoms with Crippen molar-refractivity contribution in [3.05, 3.63) is 65.2 Å². The minimum atomic E-state index is -0.405. The van der Waals surface area contributed by atoms with Gasteiger partial charge in [0.25, 0.3) is 0 Å². The lowest BCUT2D eigenvalue weighted by atomic mass is 9.87. The predicted octanol–water partition coefficient (Wildman–Crippen LogP) is 3.56. The van der Waals surface area contributed by atoms with Crippen molar-refractivity contribution in [1.82, 2.24) is 10.2 Å². The van der Waals surface area contributed by atoms with E-state index in [0.29, 0.717) is 18.8 Å². The van der Waals surface area contributed by atoms with Gasteiger partial charge in [0, 0.05) is 56.6 Å². The largest absolute Gasteiger partial charge is 0.508 e. The number of nitrogens with zero attached hydrogens (tertiary/aromatic N) is 2. The summed E-state index contributed by atoms with van der Waals surface area (Å²) in [5, 5.41) is 14.1. The van der Waals surface area contributed by atoms with Crippen molar-refractivity contribution >= 4 is 11.6 Å². The van der Waals surface area contributed by atoms with Crippen LogP contribution in [0.2, 0.25) is 0 Å². The highest BCUT2D eigenvalue weighted by Crippen LogP contribution is 2.37. The van der Waals surface area contributed by atoms with Gasteiger partial charge in [-0.2, -0.15) is 0 Å². The van der Waals surface area contributed by atoms with E-state index in [1.807, 2.05) is 23.1 Å². The molecule has 1 spiro atoms. The zero-order valence-electron chi connectivity index (χ0n) is 16.5. The zero-order valence-corrected chi connectivity index (χ0v) is 16.5. The first-order valence-corrected chi connectivity index (χ1v) is 9.93. The van der Waals surface area contributed by atoms with Gasteiger partial charge in [0.05, 0.1) is 0 Å². The molecule has 2 heterocycles. The zero-order chi connectivity index (χ0) is 19.7. The highest BCUT2D eigenvalue weighted by atomic mass is 16.3. The summed E-state index contributed by atoms with van der Waals surface area (Å²) >= 11 is 0. The number of aromatic hydroxyl groups is 1. The summed E-state index contributed by atoms with van der Waals surface area (Å²) in [6, 6.07) is 16.0. The Hall–Kier alpha value is -2.66. The van der Waals surface area contributed by atoms with Crippen molar-refractivity contribution < 1.29 is 9.90 Å². The quantitative estimate of drug-likeness (QED) is 0.841. The molecule has 1 saturated heterocycles. The number of nitrogens with one attached hydrogen (secondary N) is 1. The molecule has 2 aliphatic rings. The monoisotopic (exact) mass is 377 g/mol. The minimum Gasteiger partial charge on any atom is -0.508 e. The number of carbonyl (C=O) groups excluding carboxylic acids is 1. The molecule has 2 N–H and O–H groups in total. The summed E-state index contributed by atoms with van der Waals surface area (Å²) in [6.07, 6.45) is 2.26. The van der Waals surface area contributed by atoms with Crippen molar-refractivity contribution in [2.24, 2.45) is 4.99 Å². The molecule has 0 aromatic heterocycles. The number of para-hydroxylation sites is 1. The summed E-state index contributed by atoms with van der Waals surface area (Å²) in [6.45, 7) is 5.09. The van der Waals surface area contributed by atoms with Crippen LogP contribution in [0.3, 0.4) is 0 Å². The van der Waals surface area contributed by atoms with Crippen molar-refractivity contribution in [2.45, 2.75) is 44.8 Å². The number of likely N-dealkylation sites (tertiary alicyclic amines) is 1. The van der Waals surface area contributed by atoms with Gasteiger partial charge < -0.3 is 10.0 Å². The van der Waals surface area contributed by atoms with E-state index in [9.17, 15) is 9.90 Å². The molecule has 5 heteroatoms. The van der Waals surface area contributed by atoms with Gasteiger partial charge in [0.15, 0.2) is 0 Å². The van der Waals surface area contributed by atoms with Gasteiger partial charge in [-0.05, 0) is 18.6 Å². The summed E-state index contributed by atoms with van der Waals surface area (Å²) in [7, 11) is 0. The van der Waals surface area contributed by atoms with Crippen molar-refractivity contribution in [3.63, 3.8) is 0 Å². The van der Waals surface area contributed by atoms with Gasteiger partial charge in [-0.3, -0.25) is 15.1 Å². The molecule has 2 aromatic rings. The van der Waals surface area contributed by atoms with Crippen LogP contribution in [0.5, 0.6) is 5.75 Å². The Morgan fingerprint density at radius 3 is 2.46 bits per heavy atom. The third-order valence-corrected chi connectivity index (χ3v) is 5.92. The molecule has 0 unspecified atom stereocenters. The summed E-state index contributed by atoms with van der Waals surface area (Å²) in [5.74, 6) is 0.423. The Morgan fingerprint density at radius 1 is 1.14 bits per heavy atom. The van der Waals surface area contributed by atoms with Gasteiger partial charge in [0.2, 0.25) is 5.91 Å². The van der Waals surface area contributed by atoms with Crippen LogP contribution in [-0.4, -0.2) is 40.4 Å². The SMILES string of the molecule is CC(=O)N1CCC2(CC1)N=C(c1ccc(C)cc1)C[C@@H](c1ccccc1O)N2. The van der Waals surface area contributed by atoms with Crippen LogP contribution in [0.1, 0.15) is 48.9 Å².